The van der Waals surface area contributed by atoms with Crippen LogP contribution in [0.2, 0.25) is 0 Å². The van der Waals surface area contributed by atoms with Crippen molar-refractivity contribution in [3.63, 3.8) is 0 Å². The lowest BCUT2D eigenvalue weighted by Gasteiger charge is -2.06. The molecule has 0 aliphatic heterocycles. The van der Waals surface area contributed by atoms with Crippen LogP contribution in [-0.2, 0) is 6.18 Å². The van der Waals surface area contributed by atoms with Crippen LogP contribution in [0.5, 0.6) is 0 Å². The Kier molecular flexibility index (Phi) is 3.32. The first-order chi connectivity index (χ1) is 6.93. The highest BCUT2D eigenvalue weighted by Crippen LogP contribution is 2.30. The van der Waals surface area contributed by atoms with Gasteiger partial charge in [-0.1, -0.05) is 11.8 Å². The summed E-state index contributed by atoms with van der Waals surface area (Å²) in [6, 6.07) is 2.14. The Morgan fingerprint density at radius 3 is 2.40 bits per heavy atom. The number of rotatable bonds is 0. The zero-order valence-corrected chi connectivity index (χ0v) is 7.53. The van der Waals surface area contributed by atoms with Gasteiger partial charge in [0.1, 0.15) is 5.82 Å². The topological polar surface area (TPSA) is 26.0 Å². The first-order valence-corrected chi connectivity index (χ1v) is 4.00. The largest absolute Gasteiger partial charge is 0.416 e. The lowest BCUT2D eigenvalue weighted by Crippen LogP contribution is -2.05. The molecule has 1 rings (SSSR count). The van der Waals surface area contributed by atoms with E-state index < -0.39 is 17.6 Å². The SMILES string of the molecule is NCC#Cc1cc(F)cc(C(F)(F)F)c1. The van der Waals surface area contributed by atoms with Crippen molar-refractivity contribution < 1.29 is 17.6 Å². The minimum absolute atomic E-state index is 0.0118. The maximum atomic E-state index is 12.8. The summed E-state index contributed by atoms with van der Waals surface area (Å²) in [5, 5.41) is 0. The molecule has 2 N–H and O–H groups in total. The van der Waals surface area contributed by atoms with Crippen LogP contribution in [0.4, 0.5) is 17.6 Å². The Morgan fingerprint density at radius 1 is 1.20 bits per heavy atom. The van der Waals surface area contributed by atoms with E-state index in [0.717, 1.165) is 12.1 Å². The average molecular weight is 217 g/mol. The van der Waals surface area contributed by atoms with E-state index in [1.165, 1.54) is 0 Å². The molecule has 0 bridgehead atoms. The van der Waals surface area contributed by atoms with Crippen molar-refractivity contribution in [3.05, 3.63) is 35.1 Å². The van der Waals surface area contributed by atoms with E-state index in [1.54, 1.807) is 0 Å². The molecule has 0 radical (unpaired) electrons. The summed E-state index contributed by atoms with van der Waals surface area (Å²) in [7, 11) is 0. The van der Waals surface area contributed by atoms with Crippen molar-refractivity contribution in [1.82, 2.24) is 0 Å². The number of hydrogen-bond acceptors (Lipinski definition) is 1. The van der Waals surface area contributed by atoms with Crippen molar-refractivity contribution in [2.45, 2.75) is 6.18 Å². The van der Waals surface area contributed by atoms with Gasteiger partial charge in [-0.05, 0) is 18.2 Å². The van der Waals surface area contributed by atoms with Crippen molar-refractivity contribution in [3.8, 4) is 11.8 Å². The fourth-order valence-corrected chi connectivity index (χ4v) is 0.979. The molecule has 0 heterocycles. The highest BCUT2D eigenvalue weighted by molar-refractivity contribution is 5.38. The third-order valence-corrected chi connectivity index (χ3v) is 1.56. The van der Waals surface area contributed by atoms with Gasteiger partial charge in [0.05, 0.1) is 12.1 Å². The predicted octanol–water partition coefficient (Wildman–Crippen LogP) is 2.15. The standard InChI is InChI=1S/C10H7F4N/c11-9-5-7(2-1-3-15)4-8(6-9)10(12,13)14/h4-6H,3,15H2. The van der Waals surface area contributed by atoms with Crippen LogP contribution in [0.3, 0.4) is 0 Å². The van der Waals surface area contributed by atoms with Crippen molar-refractivity contribution >= 4 is 0 Å². The van der Waals surface area contributed by atoms with Gasteiger partial charge >= 0.3 is 6.18 Å². The first kappa shape index (κ1) is 11.5. The molecule has 15 heavy (non-hydrogen) atoms. The van der Waals surface area contributed by atoms with E-state index in [9.17, 15) is 17.6 Å². The highest BCUT2D eigenvalue weighted by atomic mass is 19.4. The van der Waals surface area contributed by atoms with E-state index in [0.29, 0.717) is 6.07 Å². The van der Waals surface area contributed by atoms with E-state index in [1.807, 2.05) is 0 Å². The van der Waals surface area contributed by atoms with Crippen LogP contribution < -0.4 is 5.73 Å². The predicted molar refractivity (Wildman–Crippen MR) is 47.3 cm³/mol. The Bertz CT molecular complexity index is 412. The smallest absolute Gasteiger partial charge is 0.320 e. The number of halogens is 4. The molecule has 0 aromatic heterocycles. The maximum Gasteiger partial charge on any atom is 0.416 e. The molecule has 0 amide bonds. The van der Waals surface area contributed by atoms with Crippen molar-refractivity contribution in [2.24, 2.45) is 5.73 Å². The quantitative estimate of drug-likeness (QED) is 0.523. The molecule has 0 aliphatic carbocycles. The van der Waals surface area contributed by atoms with Crippen molar-refractivity contribution in [1.29, 1.82) is 0 Å². The molecule has 5 heteroatoms. The fourth-order valence-electron chi connectivity index (χ4n) is 0.979. The maximum absolute atomic E-state index is 12.8. The summed E-state index contributed by atoms with van der Waals surface area (Å²) in [6.45, 7) is 0.0118. The minimum atomic E-state index is -4.57. The summed E-state index contributed by atoms with van der Waals surface area (Å²) in [6.07, 6.45) is -4.57. The molecule has 1 nitrogen and oxygen atoms in total. The zero-order chi connectivity index (χ0) is 11.5. The second-order valence-electron chi connectivity index (χ2n) is 2.73. The van der Waals surface area contributed by atoms with E-state index in [2.05, 4.69) is 11.8 Å². The molecule has 80 valence electrons. The Balaban J connectivity index is 3.17. The average Bonchev–Trinajstić information content (AvgIpc) is 2.12. The summed E-state index contributed by atoms with van der Waals surface area (Å²) in [4.78, 5) is 0. The van der Waals surface area contributed by atoms with Crippen LogP contribution in [0, 0.1) is 17.7 Å². The second-order valence-corrected chi connectivity index (χ2v) is 2.73. The summed E-state index contributed by atoms with van der Waals surface area (Å²) in [5.74, 6) is 3.73. The van der Waals surface area contributed by atoms with Gasteiger partial charge in [0, 0.05) is 5.56 Å². The Labute approximate surface area is 83.9 Å². The summed E-state index contributed by atoms with van der Waals surface area (Å²) in [5.41, 5.74) is 3.96. The molecule has 0 unspecified atom stereocenters. The molecule has 0 aliphatic rings. The van der Waals surface area contributed by atoms with E-state index in [-0.39, 0.29) is 12.1 Å². The van der Waals surface area contributed by atoms with Gasteiger partial charge in [-0.25, -0.2) is 4.39 Å². The summed E-state index contributed by atoms with van der Waals surface area (Å²) < 4.78 is 49.5. The number of alkyl halides is 3. The van der Waals surface area contributed by atoms with Gasteiger partial charge in [0.2, 0.25) is 0 Å². The first-order valence-electron chi connectivity index (χ1n) is 4.00. The molecule has 0 saturated heterocycles. The van der Waals surface area contributed by atoms with E-state index in [4.69, 9.17) is 5.73 Å². The molecule has 0 saturated carbocycles. The van der Waals surface area contributed by atoms with Gasteiger partial charge in [0.15, 0.2) is 0 Å². The molecule has 0 fully saturated rings. The highest BCUT2D eigenvalue weighted by Gasteiger charge is 2.31. The van der Waals surface area contributed by atoms with Crippen LogP contribution in [0.25, 0.3) is 0 Å². The Hall–Kier alpha value is -1.54. The van der Waals surface area contributed by atoms with Gasteiger partial charge < -0.3 is 5.73 Å². The van der Waals surface area contributed by atoms with Crippen molar-refractivity contribution in [2.75, 3.05) is 6.54 Å². The van der Waals surface area contributed by atoms with Gasteiger partial charge in [-0.2, -0.15) is 13.2 Å². The van der Waals surface area contributed by atoms with Crippen LogP contribution in [0.1, 0.15) is 11.1 Å². The minimum Gasteiger partial charge on any atom is -0.320 e. The monoisotopic (exact) mass is 217 g/mol. The number of nitrogens with two attached hydrogens (primary N) is 1. The lowest BCUT2D eigenvalue weighted by molar-refractivity contribution is -0.137. The van der Waals surface area contributed by atoms with E-state index >= 15 is 0 Å². The molecule has 0 atom stereocenters. The van der Waals surface area contributed by atoms with Crippen LogP contribution >= 0.6 is 0 Å². The Morgan fingerprint density at radius 2 is 1.87 bits per heavy atom. The van der Waals surface area contributed by atoms with Crippen LogP contribution in [-0.4, -0.2) is 6.54 Å². The third-order valence-electron chi connectivity index (χ3n) is 1.56. The number of hydrogen-bond donors (Lipinski definition) is 1. The molecule has 1 aromatic rings. The second kappa shape index (κ2) is 4.32. The van der Waals surface area contributed by atoms with Gasteiger partial charge in [-0.15, -0.1) is 0 Å². The normalized spacial score (nSPS) is 10.7. The third kappa shape index (κ3) is 3.26. The van der Waals surface area contributed by atoms with Gasteiger partial charge in [-0.3, -0.25) is 0 Å². The lowest BCUT2D eigenvalue weighted by atomic mass is 10.1. The van der Waals surface area contributed by atoms with Crippen LogP contribution in [0.15, 0.2) is 18.2 Å². The van der Waals surface area contributed by atoms with Gasteiger partial charge in [0.25, 0.3) is 0 Å². The zero-order valence-electron chi connectivity index (χ0n) is 7.53. The molecule has 0 spiro atoms. The number of benzene rings is 1. The molecular formula is C10H7F4N. The summed E-state index contributed by atoms with van der Waals surface area (Å²) >= 11 is 0. The fraction of sp³-hybridized carbons (Fsp3) is 0.200. The molecular weight excluding hydrogens is 210 g/mol. The molecule has 1 aromatic carbocycles.